The van der Waals surface area contributed by atoms with E-state index in [1.807, 2.05) is 26.8 Å². The minimum Gasteiger partial charge on any atom is -0.462 e. The predicted octanol–water partition coefficient (Wildman–Crippen LogP) is 1.84. The minimum absolute atomic E-state index is 0.0338. The zero-order valence-electron chi connectivity index (χ0n) is 14.3. The normalized spacial score (nSPS) is 53.6. The molecule has 0 amide bonds. The molecule has 2 aliphatic heterocycles. The second-order valence-electron chi connectivity index (χ2n) is 8.95. The summed E-state index contributed by atoms with van der Waals surface area (Å²) in [6.07, 6.45) is 4.88. The molecule has 0 aromatic carbocycles. The van der Waals surface area contributed by atoms with Crippen molar-refractivity contribution in [1.29, 1.82) is 0 Å². The van der Waals surface area contributed by atoms with E-state index in [1.165, 1.54) is 0 Å². The van der Waals surface area contributed by atoms with E-state index in [0.29, 0.717) is 12.8 Å². The fraction of sp³-hybridized carbons (Fsp3) is 0.737. The first-order valence-corrected chi connectivity index (χ1v) is 8.86. The molecule has 128 valence electrons. The van der Waals surface area contributed by atoms with Gasteiger partial charge in [-0.2, -0.15) is 0 Å². The number of carbonyl (C=O) groups is 3. The molecule has 0 aromatic heterocycles. The number of rotatable bonds is 0. The van der Waals surface area contributed by atoms with Crippen LogP contribution in [0.4, 0.5) is 0 Å². The zero-order chi connectivity index (χ0) is 17.1. The maximum Gasteiger partial charge on any atom is 0.339 e. The molecule has 2 saturated heterocycles. The molecule has 5 nitrogen and oxygen atoms in total. The van der Waals surface area contributed by atoms with E-state index in [9.17, 15) is 14.4 Å². The van der Waals surface area contributed by atoms with Crippen molar-refractivity contribution in [3.63, 3.8) is 0 Å². The average Bonchev–Trinajstić information content (AvgIpc) is 2.76. The molecule has 5 heteroatoms. The Hall–Kier alpha value is -1.49. The molecule has 4 aliphatic carbocycles. The number of cyclic esters (lactones) is 1. The van der Waals surface area contributed by atoms with Crippen LogP contribution >= 0.6 is 0 Å². The molecule has 0 aromatic rings. The summed E-state index contributed by atoms with van der Waals surface area (Å²) in [6.45, 7) is 5.92. The van der Waals surface area contributed by atoms with Crippen molar-refractivity contribution in [3.05, 3.63) is 12.2 Å². The fourth-order valence-electron chi connectivity index (χ4n) is 6.60. The van der Waals surface area contributed by atoms with E-state index in [2.05, 4.69) is 0 Å². The van der Waals surface area contributed by atoms with Crippen LogP contribution in [0.15, 0.2) is 12.2 Å². The van der Waals surface area contributed by atoms with Crippen LogP contribution in [0.25, 0.3) is 0 Å². The van der Waals surface area contributed by atoms with Gasteiger partial charge in [0, 0.05) is 11.3 Å². The number of allylic oxidation sites excluding steroid dienone is 1. The lowest BCUT2D eigenvalue weighted by Crippen LogP contribution is -2.75. The van der Waals surface area contributed by atoms with Gasteiger partial charge in [0.1, 0.15) is 17.8 Å². The summed E-state index contributed by atoms with van der Waals surface area (Å²) in [6, 6.07) is 0. The highest BCUT2D eigenvalue weighted by molar-refractivity contribution is 6.09. The molecular formula is C19H22O5. The molecule has 6 aliphatic rings. The predicted molar refractivity (Wildman–Crippen MR) is 82.9 cm³/mol. The SMILES string of the molecule is C[C@H]1C(=O)[C@@]23CC[C@@H]1C[C@@]21O[C@H]2C(C)(C)C=CC(=O)[C@]23COC1=O. The molecule has 0 unspecified atom stereocenters. The largest absolute Gasteiger partial charge is 0.462 e. The van der Waals surface area contributed by atoms with Crippen LogP contribution in [0.1, 0.15) is 40.0 Å². The number of ether oxygens (including phenoxy) is 2. The maximum atomic E-state index is 13.5. The van der Waals surface area contributed by atoms with Crippen LogP contribution in [0, 0.1) is 28.1 Å². The Balaban J connectivity index is 1.87. The van der Waals surface area contributed by atoms with E-state index >= 15 is 0 Å². The Morgan fingerprint density at radius 1 is 1.21 bits per heavy atom. The first-order valence-electron chi connectivity index (χ1n) is 8.86. The van der Waals surface area contributed by atoms with Gasteiger partial charge in [-0.15, -0.1) is 0 Å². The second-order valence-corrected chi connectivity index (χ2v) is 8.95. The summed E-state index contributed by atoms with van der Waals surface area (Å²) >= 11 is 0. The van der Waals surface area contributed by atoms with Gasteiger partial charge in [-0.1, -0.05) is 26.8 Å². The van der Waals surface area contributed by atoms with Crippen LogP contribution in [0.3, 0.4) is 0 Å². The second kappa shape index (κ2) is 3.85. The van der Waals surface area contributed by atoms with Crippen LogP contribution in [0.5, 0.6) is 0 Å². The molecule has 2 spiro atoms. The smallest absolute Gasteiger partial charge is 0.339 e. The number of fused-ring (bicyclic) bond motifs is 2. The molecule has 6 atom stereocenters. The van der Waals surface area contributed by atoms with E-state index < -0.39 is 33.9 Å². The summed E-state index contributed by atoms with van der Waals surface area (Å²) < 4.78 is 12.0. The fourth-order valence-corrected chi connectivity index (χ4v) is 6.60. The standard InChI is InChI=1S/C19H22O5/c1-10-11-4-7-18(13(10)21)17-9-23-15(22)19(18,8-11)24-14(17)16(2,3)6-5-12(17)20/h5-6,10-11,14H,4,7-9H2,1-3H3/t10-,11-,14+,17-,18-,19+/m1/s1. The monoisotopic (exact) mass is 330 g/mol. The number of Topliss-reactive ketones (excluding diaryl/α,β-unsaturated/α-hetero) is 1. The highest BCUT2D eigenvalue weighted by atomic mass is 16.6. The number of carbonyl (C=O) groups excluding carboxylic acids is 3. The van der Waals surface area contributed by atoms with Gasteiger partial charge in [-0.3, -0.25) is 9.59 Å². The minimum atomic E-state index is -1.26. The van der Waals surface area contributed by atoms with E-state index in [-0.39, 0.29) is 30.0 Å². The highest BCUT2D eigenvalue weighted by Gasteiger charge is 2.88. The zero-order valence-corrected chi connectivity index (χ0v) is 14.3. The topological polar surface area (TPSA) is 69.7 Å². The van der Waals surface area contributed by atoms with Gasteiger partial charge in [-0.25, -0.2) is 4.79 Å². The molecule has 0 radical (unpaired) electrons. The van der Waals surface area contributed by atoms with Crippen LogP contribution < -0.4 is 0 Å². The van der Waals surface area contributed by atoms with Crippen molar-refractivity contribution in [1.82, 2.24) is 0 Å². The van der Waals surface area contributed by atoms with E-state index in [4.69, 9.17) is 9.47 Å². The summed E-state index contributed by atoms with van der Waals surface area (Å²) in [5.41, 5.74) is -3.80. The third-order valence-corrected chi connectivity index (χ3v) is 7.74. The quantitative estimate of drug-likeness (QED) is 0.634. The van der Waals surface area contributed by atoms with Gasteiger partial charge < -0.3 is 9.47 Å². The van der Waals surface area contributed by atoms with Crippen molar-refractivity contribution in [2.45, 2.75) is 51.7 Å². The lowest BCUT2D eigenvalue weighted by Gasteiger charge is -2.61. The third kappa shape index (κ3) is 1.15. The van der Waals surface area contributed by atoms with Gasteiger partial charge in [0.2, 0.25) is 0 Å². The number of hydrogen-bond donors (Lipinski definition) is 0. The summed E-state index contributed by atoms with van der Waals surface area (Å²) in [4.78, 5) is 39.5. The number of hydrogen-bond acceptors (Lipinski definition) is 5. The Kier molecular flexibility index (Phi) is 2.37. The number of ketones is 2. The number of esters is 1. The molecule has 6 rings (SSSR count). The van der Waals surface area contributed by atoms with Crippen molar-refractivity contribution in [3.8, 4) is 0 Å². The van der Waals surface area contributed by atoms with Gasteiger partial charge in [0.15, 0.2) is 11.4 Å². The van der Waals surface area contributed by atoms with Gasteiger partial charge in [-0.05, 0) is 31.3 Å². The Labute approximate surface area is 140 Å². The molecule has 5 fully saturated rings. The van der Waals surface area contributed by atoms with Crippen molar-refractivity contribution >= 4 is 17.5 Å². The summed E-state index contributed by atoms with van der Waals surface area (Å²) in [5, 5.41) is 0. The average molecular weight is 330 g/mol. The van der Waals surface area contributed by atoms with Gasteiger partial charge in [0.25, 0.3) is 0 Å². The van der Waals surface area contributed by atoms with Gasteiger partial charge in [0.05, 0.1) is 11.5 Å². The lowest BCUT2D eigenvalue weighted by molar-refractivity contribution is -0.222. The van der Waals surface area contributed by atoms with Crippen LogP contribution in [-0.2, 0) is 23.9 Å². The molecule has 3 saturated carbocycles. The summed E-state index contributed by atoms with van der Waals surface area (Å²) in [7, 11) is 0. The molecular weight excluding hydrogens is 308 g/mol. The molecule has 4 bridgehead atoms. The Morgan fingerprint density at radius 3 is 2.71 bits per heavy atom. The Bertz CT molecular complexity index is 736. The van der Waals surface area contributed by atoms with Gasteiger partial charge >= 0.3 is 5.97 Å². The maximum absolute atomic E-state index is 13.5. The highest BCUT2D eigenvalue weighted by Crippen LogP contribution is 2.75. The van der Waals surface area contributed by atoms with Crippen molar-refractivity contribution < 1.29 is 23.9 Å². The molecule has 2 heterocycles. The Morgan fingerprint density at radius 2 is 1.96 bits per heavy atom. The molecule has 24 heavy (non-hydrogen) atoms. The summed E-state index contributed by atoms with van der Waals surface area (Å²) in [5.74, 6) is -0.492. The first-order chi connectivity index (χ1) is 11.2. The van der Waals surface area contributed by atoms with Crippen molar-refractivity contribution in [2.75, 3.05) is 6.61 Å². The van der Waals surface area contributed by atoms with Crippen LogP contribution in [-0.4, -0.2) is 35.8 Å². The van der Waals surface area contributed by atoms with Crippen LogP contribution in [0.2, 0.25) is 0 Å². The third-order valence-electron chi connectivity index (χ3n) is 7.74. The lowest BCUT2D eigenvalue weighted by atomic mass is 9.38. The van der Waals surface area contributed by atoms with E-state index in [1.54, 1.807) is 6.08 Å². The van der Waals surface area contributed by atoms with E-state index in [0.717, 1.165) is 6.42 Å². The van der Waals surface area contributed by atoms with Crippen molar-refractivity contribution in [2.24, 2.45) is 28.1 Å². The molecule has 0 N–H and O–H groups in total. The first kappa shape index (κ1) is 14.8.